The second-order valence-electron chi connectivity index (χ2n) is 10.9. The van der Waals surface area contributed by atoms with E-state index in [4.69, 9.17) is 9.97 Å². The smallest absolute Gasteiger partial charge is 0.147 e. The van der Waals surface area contributed by atoms with E-state index in [1.54, 1.807) is 0 Å². The molecule has 0 unspecified atom stereocenters. The van der Waals surface area contributed by atoms with Crippen LogP contribution < -0.4 is 0 Å². The highest BCUT2D eigenvalue weighted by molar-refractivity contribution is 6.20. The van der Waals surface area contributed by atoms with E-state index in [-0.39, 0.29) is 0 Å². The summed E-state index contributed by atoms with van der Waals surface area (Å²) >= 11 is 0. The SMILES string of the molecule is c1ccc(-n2c3ccccc3c3c4c(ccc32)Cc2cc3c(cc2-4)c2cccnc2n2c4ccncc4nc32)cc1. The van der Waals surface area contributed by atoms with Crippen LogP contribution in [0.25, 0.3) is 77.1 Å². The molecule has 0 spiro atoms. The van der Waals surface area contributed by atoms with Gasteiger partial charge in [0.05, 0.1) is 22.7 Å². The predicted octanol–water partition coefficient (Wildman–Crippen LogP) is 8.25. The minimum atomic E-state index is 0.881. The molecule has 0 N–H and O–H groups in total. The van der Waals surface area contributed by atoms with Gasteiger partial charge in [-0.3, -0.25) is 9.38 Å². The number of imidazole rings is 1. The van der Waals surface area contributed by atoms with Crippen LogP contribution >= 0.6 is 0 Å². The number of hydrogen-bond acceptors (Lipinski definition) is 3. The van der Waals surface area contributed by atoms with Gasteiger partial charge in [0.1, 0.15) is 16.8 Å². The number of rotatable bonds is 1. The van der Waals surface area contributed by atoms with Crippen LogP contribution in [0.3, 0.4) is 0 Å². The molecule has 0 bridgehead atoms. The van der Waals surface area contributed by atoms with Crippen LogP contribution in [-0.4, -0.2) is 23.9 Å². The first kappa shape index (κ1) is 21.3. The van der Waals surface area contributed by atoms with Crippen molar-refractivity contribution in [1.82, 2.24) is 23.9 Å². The van der Waals surface area contributed by atoms with E-state index in [0.29, 0.717) is 0 Å². The van der Waals surface area contributed by atoms with Crippen molar-refractivity contribution >= 4 is 60.3 Å². The van der Waals surface area contributed by atoms with Gasteiger partial charge in [0.25, 0.3) is 0 Å². The molecule has 0 saturated heterocycles. The summed E-state index contributed by atoms with van der Waals surface area (Å²) in [6.45, 7) is 0. The minimum absolute atomic E-state index is 0.881. The lowest BCUT2D eigenvalue weighted by atomic mass is 9.96. The molecule has 0 radical (unpaired) electrons. The highest BCUT2D eigenvalue weighted by Crippen LogP contribution is 2.47. The first-order valence-corrected chi connectivity index (χ1v) is 13.9. The Balaban J connectivity index is 1.36. The first-order chi connectivity index (χ1) is 20.3. The van der Waals surface area contributed by atoms with E-state index >= 15 is 0 Å². The zero-order valence-electron chi connectivity index (χ0n) is 21.9. The summed E-state index contributed by atoms with van der Waals surface area (Å²) in [5.74, 6) is 0. The van der Waals surface area contributed by atoms with Crippen LogP contribution in [0.4, 0.5) is 0 Å². The number of benzene rings is 4. The van der Waals surface area contributed by atoms with Crippen molar-refractivity contribution in [2.24, 2.45) is 0 Å². The van der Waals surface area contributed by atoms with Gasteiger partial charge in [0, 0.05) is 39.6 Å². The average molecular weight is 524 g/mol. The Hall–Kier alpha value is -5.55. The standard InChI is InChI=1S/C36H21N5/c1-2-7-23(8-3-1)40-30-11-5-4-9-25(30)34-32(40)13-12-21-17-22-18-28-27(19-26(22)33(21)34)24-10-6-15-38-35(24)41-31-14-16-37-20-29(31)39-36(28)41/h1-16,18-20H,17H2. The van der Waals surface area contributed by atoms with Gasteiger partial charge in [0.2, 0.25) is 0 Å². The molecule has 0 atom stereocenters. The summed E-state index contributed by atoms with van der Waals surface area (Å²) in [7, 11) is 0. The van der Waals surface area contributed by atoms with Gasteiger partial charge in [0.15, 0.2) is 0 Å². The number of pyridine rings is 3. The Morgan fingerprint density at radius 3 is 2.44 bits per heavy atom. The van der Waals surface area contributed by atoms with Crippen molar-refractivity contribution < 1.29 is 0 Å². The van der Waals surface area contributed by atoms with Gasteiger partial charge in [-0.15, -0.1) is 0 Å². The lowest BCUT2D eigenvalue weighted by Crippen LogP contribution is -1.95. The summed E-state index contributed by atoms with van der Waals surface area (Å²) in [5, 5.41) is 6.06. The van der Waals surface area contributed by atoms with Gasteiger partial charge >= 0.3 is 0 Å². The molecule has 0 aliphatic heterocycles. The van der Waals surface area contributed by atoms with Gasteiger partial charge in [-0.1, -0.05) is 42.5 Å². The molecule has 9 aromatic rings. The van der Waals surface area contributed by atoms with Gasteiger partial charge < -0.3 is 4.57 Å². The number of fused-ring (bicyclic) bond motifs is 15. The molecule has 10 rings (SSSR count). The van der Waals surface area contributed by atoms with Crippen molar-refractivity contribution in [3.8, 4) is 16.8 Å². The summed E-state index contributed by atoms with van der Waals surface area (Å²) in [5.41, 5.74) is 12.8. The van der Waals surface area contributed by atoms with Crippen molar-refractivity contribution in [1.29, 1.82) is 0 Å². The topological polar surface area (TPSA) is 48.0 Å². The third kappa shape index (κ3) is 2.68. The summed E-state index contributed by atoms with van der Waals surface area (Å²) in [6.07, 6.45) is 6.43. The zero-order valence-corrected chi connectivity index (χ0v) is 21.9. The number of aromatic nitrogens is 5. The zero-order chi connectivity index (χ0) is 26.7. The molecular formula is C36H21N5. The molecule has 41 heavy (non-hydrogen) atoms. The third-order valence-corrected chi connectivity index (χ3v) is 8.82. The maximum absolute atomic E-state index is 5.05. The third-order valence-electron chi connectivity index (χ3n) is 8.82. The molecular weight excluding hydrogens is 502 g/mol. The van der Waals surface area contributed by atoms with Crippen LogP contribution in [0.15, 0.2) is 116 Å². The lowest BCUT2D eigenvalue weighted by Gasteiger charge is -2.11. The normalized spacial score (nSPS) is 12.8. The first-order valence-electron chi connectivity index (χ1n) is 13.9. The van der Waals surface area contributed by atoms with Crippen LogP contribution in [0.5, 0.6) is 0 Å². The average Bonchev–Trinajstić information content (AvgIpc) is 3.70. The Kier molecular flexibility index (Phi) is 3.92. The minimum Gasteiger partial charge on any atom is -0.309 e. The summed E-state index contributed by atoms with van der Waals surface area (Å²) < 4.78 is 4.59. The number of para-hydroxylation sites is 2. The fourth-order valence-corrected chi connectivity index (χ4v) is 7.16. The van der Waals surface area contributed by atoms with Crippen molar-refractivity contribution in [2.45, 2.75) is 6.42 Å². The molecule has 1 aliphatic rings. The molecule has 5 heterocycles. The van der Waals surface area contributed by atoms with Gasteiger partial charge in [-0.05, 0) is 88.7 Å². The number of hydrogen-bond donors (Lipinski definition) is 0. The Labute approximate surface area is 234 Å². The number of nitrogens with zero attached hydrogens (tertiary/aromatic N) is 5. The predicted molar refractivity (Wildman–Crippen MR) is 166 cm³/mol. The second-order valence-corrected chi connectivity index (χ2v) is 10.9. The summed E-state index contributed by atoms with van der Waals surface area (Å²) in [6, 6.07) is 35.1. The lowest BCUT2D eigenvalue weighted by molar-refractivity contribution is 1.18. The fraction of sp³-hybridized carbons (Fsp3) is 0.0278. The molecule has 1 aliphatic carbocycles. The van der Waals surface area contributed by atoms with E-state index < -0.39 is 0 Å². The van der Waals surface area contributed by atoms with E-state index in [1.165, 1.54) is 55.1 Å². The Morgan fingerprint density at radius 1 is 0.610 bits per heavy atom. The largest absolute Gasteiger partial charge is 0.309 e. The second kappa shape index (κ2) is 7.55. The monoisotopic (exact) mass is 523 g/mol. The van der Waals surface area contributed by atoms with Crippen molar-refractivity contribution in [3.05, 3.63) is 127 Å². The molecule has 5 aromatic heterocycles. The van der Waals surface area contributed by atoms with Crippen LogP contribution in [0, 0.1) is 0 Å². The molecule has 5 nitrogen and oxygen atoms in total. The van der Waals surface area contributed by atoms with Crippen molar-refractivity contribution in [2.75, 3.05) is 0 Å². The molecule has 4 aromatic carbocycles. The van der Waals surface area contributed by atoms with E-state index in [9.17, 15) is 0 Å². The fourth-order valence-electron chi connectivity index (χ4n) is 7.16. The van der Waals surface area contributed by atoms with E-state index in [2.05, 4.69) is 98.9 Å². The van der Waals surface area contributed by atoms with E-state index in [0.717, 1.165) is 39.5 Å². The molecule has 5 heteroatoms. The Bertz CT molecular complexity index is 2550. The Morgan fingerprint density at radius 2 is 1.49 bits per heavy atom. The van der Waals surface area contributed by atoms with Crippen LogP contribution in [0.1, 0.15) is 11.1 Å². The van der Waals surface area contributed by atoms with Gasteiger partial charge in [-0.2, -0.15) is 0 Å². The quantitative estimate of drug-likeness (QED) is 0.204. The maximum Gasteiger partial charge on any atom is 0.147 e. The molecule has 0 saturated carbocycles. The highest BCUT2D eigenvalue weighted by Gasteiger charge is 2.26. The van der Waals surface area contributed by atoms with E-state index in [1.807, 2.05) is 30.7 Å². The molecule has 190 valence electrons. The molecule has 0 amide bonds. The maximum atomic E-state index is 5.05. The summed E-state index contributed by atoms with van der Waals surface area (Å²) in [4.78, 5) is 14.2. The van der Waals surface area contributed by atoms with Crippen LogP contribution in [0.2, 0.25) is 0 Å². The van der Waals surface area contributed by atoms with Crippen molar-refractivity contribution in [3.63, 3.8) is 0 Å². The van der Waals surface area contributed by atoms with Crippen LogP contribution in [-0.2, 0) is 6.42 Å². The highest BCUT2D eigenvalue weighted by atomic mass is 15.1. The van der Waals surface area contributed by atoms with Gasteiger partial charge in [-0.25, -0.2) is 9.97 Å². The molecule has 0 fully saturated rings.